The van der Waals surface area contributed by atoms with E-state index in [0.29, 0.717) is 17.7 Å². The molecule has 1 radical (unpaired) electrons. The van der Waals surface area contributed by atoms with Crippen LogP contribution in [0, 0.1) is 23.5 Å². The summed E-state index contributed by atoms with van der Waals surface area (Å²) in [6.07, 6.45) is -14.9. The van der Waals surface area contributed by atoms with Crippen molar-refractivity contribution in [3.63, 3.8) is 0 Å². The van der Waals surface area contributed by atoms with E-state index < -0.39 is 70.0 Å². The lowest BCUT2D eigenvalue weighted by molar-refractivity contribution is -0.253. The Morgan fingerprint density at radius 3 is 2.14 bits per heavy atom. The van der Waals surface area contributed by atoms with Gasteiger partial charge in [-0.05, 0) is 59.2 Å². The minimum atomic E-state index is -5.18. The number of ether oxygens (including phenoxy) is 1. The van der Waals surface area contributed by atoms with Crippen molar-refractivity contribution in [3.8, 4) is 5.75 Å². The lowest BCUT2D eigenvalue weighted by Gasteiger charge is -2.37. The van der Waals surface area contributed by atoms with Crippen molar-refractivity contribution in [1.29, 1.82) is 0 Å². The number of alkyl halides is 7. The normalized spacial score (nSPS) is 13.5. The number of benzene rings is 4. The van der Waals surface area contributed by atoms with Crippen molar-refractivity contribution in [1.82, 2.24) is 5.32 Å². The molecule has 0 saturated carbocycles. The maximum Gasteiger partial charge on any atom is 0.461 e. The standard InChI is InChI=1S/C30H18F10NO2/c31-21-9-7-19(8-10-21)28(16-17-4-2-1-3-5-17,20-13-22(32)15-23(14-20)43-30(39,40)27(34)35)41-26(42)18-6-11-25(33)24(12-18)29(36,37)38/h1-9,11-15,27H,16H2,(H,41,42). The first-order valence-corrected chi connectivity index (χ1v) is 12.2. The first-order valence-electron chi connectivity index (χ1n) is 12.2. The molecule has 225 valence electrons. The smallest absolute Gasteiger partial charge is 0.428 e. The highest BCUT2D eigenvalue weighted by molar-refractivity contribution is 5.95. The summed E-state index contributed by atoms with van der Waals surface area (Å²) in [6.45, 7) is 0. The third-order valence-corrected chi connectivity index (χ3v) is 6.31. The zero-order valence-corrected chi connectivity index (χ0v) is 21.5. The fourth-order valence-corrected chi connectivity index (χ4v) is 4.35. The van der Waals surface area contributed by atoms with Crippen LogP contribution in [0.2, 0.25) is 0 Å². The number of hydrogen-bond acceptors (Lipinski definition) is 2. The molecule has 1 unspecified atom stereocenters. The van der Waals surface area contributed by atoms with Gasteiger partial charge in [0.1, 0.15) is 23.2 Å². The molecule has 0 heterocycles. The monoisotopic (exact) mass is 614 g/mol. The summed E-state index contributed by atoms with van der Waals surface area (Å²) < 4.78 is 140. The fraction of sp³-hybridized carbons (Fsp3) is 0.167. The summed E-state index contributed by atoms with van der Waals surface area (Å²) in [4.78, 5) is 13.5. The van der Waals surface area contributed by atoms with E-state index in [1.165, 1.54) is 12.1 Å². The Kier molecular flexibility index (Phi) is 8.74. The molecule has 3 nitrogen and oxygen atoms in total. The number of carbonyl (C=O) groups excluding carboxylic acids is 1. The van der Waals surface area contributed by atoms with Gasteiger partial charge in [0.25, 0.3) is 5.91 Å². The predicted octanol–water partition coefficient (Wildman–Crippen LogP) is 8.08. The fourth-order valence-electron chi connectivity index (χ4n) is 4.35. The molecule has 0 aromatic heterocycles. The number of nitrogens with one attached hydrogen (secondary N) is 1. The van der Waals surface area contributed by atoms with Gasteiger partial charge in [0.05, 0.1) is 11.1 Å². The molecule has 13 heteroatoms. The second-order valence-electron chi connectivity index (χ2n) is 9.28. The molecule has 0 spiro atoms. The third kappa shape index (κ3) is 7.09. The molecule has 1 N–H and O–H groups in total. The van der Waals surface area contributed by atoms with Crippen LogP contribution in [0.1, 0.15) is 32.6 Å². The molecule has 0 aliphatic rings. The van der Waals surface area contributed by atoms with Gasteiger partial charge in [-0.25, -0.2) is 13.2 Å². The Balaban J connectivity index is 1.95. The van der Waals surface area contributed by atoms with E-state index >= 15 is 0 Å². The Morgan fingerprint density at radius 1 is 0.837 bits per heavy atom. The summed E-state index contributed by atoms with van der Waals surface area (Å²) >= 11 is 0. The molecule has 4 aromatic rings. The summed E-state index contributed by atoms with van der Waals surface area (Å²) in [5.41, 5.74) is -4.64. The lowest BCUT2D eigenvalue weighted by atomic mass is 9.77. The van der Waals surface area contributed by atoms with Crippen LogP contribution in [0.5, 0.6) is 5.75 Å². The number of rotatable bonds is 9. The zero-order valence-electron chi connectivity index (χ0n) is 21.5. The minimum absolute atomic E-state index is 0.0681. The van der Waals surface area contributed by atoms with E-state index in [-0.39, 0.29) is 18.1 Å². The van der Waals surface area contributed by atoms with Gasteiger partial charge >= 0.3 is 18.7 Å². The third-order valence-electron chi connectivity index (χ3n) is 6.31. The molecule has 43 heavy (non-hydrogen) atoms. The van der Waals surface area contributed by atoms with Crippen molar-refractivity contribution in [2.45, 2.75) is 30.7 Å². The molecule has 0 bridgehead atoms. The van der Waals surface area contributed by atoms with Gasteiger partial charge in [-0.1, -0.05) is 36.4 Å². The second kappa shape index (κ2) is 12.0. The molecule has 1 amide bonds. The van der Waals surface area contributed by atoms with E-state index in [4.69, 9.17) is 0 Å². The van der Waals surface area contributed by atoms with Crippen LogP contribution >= 0.6 is 0 Å². The summed E-state index contributed by atoms with van der Waals surface area (Å²) in [7, 11) is 0. The molecule has 0 saturated heterocycles. The van der Waals surface area contributed by atoms with Crippen LogP contribution in [-0.4, -0.2) is 18.4 Å². The SMILES string of the molecule is O=C(NC(Cc1ccccc1)(c1c[c]c(F)cc1)c1cc(F)cc(OC(F)(F)C(F)F)c1)c1ccc(F)c(C(F)(F)F)c1. The summed E-state index contributed by atoms with van der Waals surface area (Å²) in [6, 6.07) is 16.3. The highest BCUT2D eigenvalue weighted by Crippen LogP contribution is 2.38. The van der Waals surface area contributed by atoms with Crippen LogP contribution in [0.3, 0.4) is 0 Å². The molecule has 0 fully saturated rings. The topological polar surface area (TPSA) is 38.3 Å². The number of carbonyl (C=O) groups is 1. The van der Waals surface area contributed by atoms with E-state index in [0.717, 1.165) is 36.4 Å². The van der Waals surface area contributed by atoms with Crippen LogP contribution in [-0.2, 0) is 18.1 Å². The average molecular weight is 614 g/mol. The van der Waals surface area contributed by atoms with Gasteiger partial charge in [-0.2, -0.15) is 30.7 Å². The van der Waals surface area contributed by atoms with Crippen LogP contribution in [0.4, 0.5) is 43.9 Å². The number of amides is 1. The van der Waals surface area contributed by atoms with Crippen molar-refractivity contribution in [2.75, 3.05) is 0 Å². The van der Waals surface area contributed by atoms with Crippen molar-refractivity contribution >= 4 is 5.91 Å². The molecular formula is C30H18F10NO2. The average Bonchev–Trinajstić information content (AvgIpc) is 2.92. The van der Waals surface area contributed by atoms with Crippen molar-refractivity contribution in [2.24, 2.45) is 0 Å². The molecule has 4 aromatic carbocycles. The highest BCUT2D eigenvalue weighted by atomic mass is 19.4. The molecule has 4 rings (SSSR count). The van der Waals surface area contributed by atoms with Gasteiger partial charge in [0, 0.05) is 24.1 Å². The maximum absolute atomic E-state index is 14.9. The Morgan fingerprint density at radius 2 is 1.53 bits per heavy atom. The minimum Gasteiger partial charge on any atom is -0.428 e. The van der Waals surface area contributed by atoms with Gasteiger partial charge in [0.15, 0.2) is 0 Å². The van der Waals surface area contributed by atoms with Gasteiger partial charge < -0.3 is 10.1 Å². The first-order chi connectivity index (χ1) is 20.1. The van der Waals surface area contributed by atoms with Crippen LogP contribution in [0.15, 0.2) is 84.9 Å². The largest absolute Gasteiger partial charge is 0.461 e. The molecule has 0 aliphatic heterocycles. The quantitative estimate of drug-likeness (QED) is 0.194. The van der Waals surface area contributed by atoms with Crippen molar-refractivity contribution < 1.29 is 53.4 Å². The highest BCUT2D eigenvalue weighted by Gasteiger charge is 2.45. The Labute approximate surface area is 237 Å². The van der Waals surface area contributed by atoms with Gasteiger partial charge in [0.2, 0.25) is 0 Å². The molecular weight excluding hydrogens is 596 g/mol. The Bertz CT molecular complexity index is 1590. The van der Waals surface area contributed by atoms with E-state index in [1.807, 2.05) is 0 Å². The summed E-state index contributed by atoms with van der Waals surface area (Å²) in [5, 5.41) is 2.46. The van der Waals surface area contributed by atoms with E-state index in [9.17, 15) is 48.7 Å². The van der Waals surface area contributed by atoms with E-state index in [2.05, 4.69) is 16.1 Å². The molecule has 1 atom stereocenters. The first kappa shape index (κ1) is 31.4. The summed E-state index contributed by atoms with van der Waals surface area (Å²) in [5.74, 6) is -6.18. The van der Waals surface area contributed by atoms with Crippen LogP contribution in [0.25, 0.3) is 0 Å². The zero-order chi connectivity index (χ0) is 31.6. The van der Waals surface area contributed by atoms with Crippen molar-refractivity contribution in [3.05, 3.63) is 136 Å². The van der Waals surface area contributed by atoms with E-state index in [1.54, 1.807) is 18.2 Å². The number of halogens is 10. The van der Waals surface area contributed by atoms with Crippen LogP contribution < -0.4 is 10.1 Å². The Hall–Kier alpha value is -4.55. The molecule has 0 aliphatic carbocycles. The lowest BCUT2D eigenvalue weighted by Crippen LogP contribution is -2.49. The number of hydrogen-bond donors (Lipinski definition) is 1. The second-order valence-corrected chi connectivity index (χ2v) is 9.28. The maximum atomic E-state index is 14.9. The van der Waals surface area contributed by atoms with Gasteiger partial charge in [-0.3, -0.25) is 4.79 Å². The predicted molar refractivity (Wildman–Crippen MR) is 133 cm³/mol. The van der Waals surface area contributed by atoms with Gasteiger partial charge in [-0.15, -0.1) is 0 Å².